The molecule has 0 aliphatic carbocycles. The lowest BCUT2D eigenvalue weighted by atomic mass is 9.91. The van der Waals surface area contributed by atoms with Gasteiger partial charge in [0.2, 0.25) is 0 Å². The van der Waals surface area contributed by atoms with Gasteiger partial charge in [0.05, 0.1) is 16.3 Å². The second-order valence-corrected chi connectivity index (χ2v) is 7.08. The average Bonchev–Trinajstić information content (AvgIpc) is 2.45. The monoisotopic (exact) mass is 325 g/mol. The molecule has 0 bridgehead atoms. The standard InChI is InChI=1S/C19H20ClN3/c1-13(11-19(2,3)4)23-15-7-5-14(6-8-15)18-16(12-21)17(20)9-10-22-18/h5-10,23H,1,11H2,2-4H3. The molecule has 0 saturated carbocycles. The van der Waals surface area contributed by atoms with Crippen LogP contribution in [0.2, 0.25) is 5.02 Å². The summed E-state index contributed by atoms with van der Waals surface area (Å²) >= 11 is 6.05. The van der Waals surface area contributed by atoms with Crippen molar-refractivity contribution < 1.29 is 0 Å². The van der Waals surface area contributed by atoms with Gasteiger partial charge in [-0.05, 0) is 30.0 Å². The number of nitrogens with zero attached hydrogens (tertiary/aromatic N) is 2. The Labute approximate surface area is 142 Å². The number of halogens is 1. The van der Waals surface area contributed by atoms with Gasteiger partial charge in [-0.2, -0.15) is 5.26 Å². The summed E-state index contributed by atoms with van der Waals surface area (Å²) in [6, 6.07) is 11.5. The van der Waals surface area contributed by atoms with Gasteiger partial charge in [-0.3, -0.25) is 4.98 Å². The third-order valence-corrected chi connectivity index (χ3v) is 3.55. The van der Waals surface area contributed by atoms with Gasteiger partial charge < -0.3 is 5.32 Å². The van der Waals surface area contributed by atoms with Crippen LogP contribution < -0.4 is 5.32 Å². The first kappa shape index (κ1) is 17.1. The molecule has 0 aliphatic heterocycles. The lowest BCUT2D eigenvalue weighted by Crippen LogP contribution is -2.10. The number of hydrogen-bond acceptors (Lipinski definition) is 3. The molecule has 1 N–H and O–H groups in total. The maximum Gasteiger partial charge on any atom is 0.103 e. The molecule has 0 unspecified atom stereocenters. The summed E-state index contributed by atoms with van der Waals surface area (Å²) in [7, 11) is 0. The van der Waals surface area contributed by atoms with E-state index in [9.17, 15) is 5.26 Å². The van der Waals surface area contributed by atoms with Crippen LogP contribution in [0, 0.1) is 16.7 Å². The number of hydrogen-bond donors (Lipinski definition) is 1. The van der Waals surface area contributed by atoms with Gasteiger partial charge >= 0.3 is 0 Å². The zero-order valence-electron chi connectivity index (χ0n) is 13.7. The maximum atomic E-state index is 9.24. The quantitative estimate of drug-likeness (QED) is 0.791. The highest BCUT2D eigenvalue weighted by molar-refractivity contribution is 6.32. The second kappa shape index (κ2) is 6.85. The Kier molecular flexibility index (Phi) is 5.08. The fraction of sp³-hybridized carbons (Fsp3) is 0.263. The molecule has 4 heteroatoms. The highest BCUT2D eigenvalue weighted by atomic mass is 35.5. The van der Waals surface area contributed by atoms with Crippen molar-refractivity contribution in [2.45, 2.75) is 27.2 Å². The summed E-state index contributed by atoms with van der Waals surface area (Å²) in [5.41, 5.74) is 3.98. The molecular formula is C19H20ClN3. The van der Waals surface area contributed by atoms with Crippen molar-refractivity contribution in [1.82, 2.24) is 4.98 Å². The molecule has 0 spiro atoms. The topological polar surface area (TPSA) is 48.7 Å². The maximum absolute atomic E-state index is 9.24. The van der Waals surface area contributed by atoms with Gasteiger partial charge in [0.25, 0.3) is 0 Å². The Hall–Kier alpha value is -2.31. The smallest absolute Gasteiger partial charge is 0.103 e. The average molecular weight is 326 g/mol. The molecule has 0 aliphatic rings. The van der Waals surface area contributed by atoms with Gasteiger partial charge in [-0.15, -0.1) is 0 Å². The van der Waals surface area contributed by atoms with E-state index in [1.807, 2.05) is 24.3 Å². The molecule has 2 rings (SSSR count). The molecule has 3 nitrogen and oxygen atoms in total. The zero-order valence-corrected chi connectivity index (χ0v) is 14.4. The lowest BCUT2D eigenvalue weighted by Gasteiger charge is -2.20. The summed E-state index contributed by atoms with van der Waals surface area (Å²) in [4.78, 5) is 4.27. The van der Waals surface area contributed by atoms with Crippen molar-refractivity contribution in [3.05, 3.63) is 59.4 Å². The van der Waals surface area contributed by atoms with Crippen LogP contribution in [0.25, 0.3) is 11.3 Å². The normalized spacial score (nSPS) is 10.9. The van der Waals surface area contributed by atoms with Gasteiger partial charge in [-0.25, -0.2) is 0 Å². The minimum absolute atomic E-state index is 0.191. The second-order valence-electron chi connectivity index (χ2n) is 6.67. The Balaban J connectivity index is 2.20. The summed E-state index contributed by atoms with van der Waals surface area (Å²) in [6.45, 7) is 10.6. The number of pyridine rings is 1. The molecule has 0 saturated heterocycles. The Morgan fingerprint density at radius 2 is 1.91 bits per heavy atom. The fourth-order valence-electron chi connectivity index (χ4n) is 2.36. The fourth-order valence-corrected chi connectivity index (χ4v) is 2.55. The van der Waals surface area contributed by atoms with Crippen LogP contribution in [-0.4, -0.2) is 4.98 Å². The minimum Gasteiger partial charge on any atom is -0.359 e. The van der Waals surface area contributed by atoms with Crippen molar-refractivity contribution in [2.24, 2.45) is 5.41 Å². The SMILES string of the molecule is C=C(CC(C)(C)C)Nc1ccc(-c2nccc(Cl)c2C#N)cc1. The summed E-state index contributed by atoms with van der Waals surface area (Å²) in [5, 5.41) is 13.0. The van der Waals surface area contributed by atoms with Gasteiger partial charge in [0, 0.05) is 23.1 Å². The Morgan fingerprint density at radius 3 is 2.48 bits per heavy atom. The van der Waals surface area contributed by atoms with Crippen LogP contribution in [-0.2, 0) is 0 Å². The lowest BCUT2D eigenvalue weighted by molar-refractivity contribution is 0.411. The molecule has 23 heavy (non-hydrogen) atoms. The molecule has 0 atom stereocenters. The number of aromatic nitrogens is 1. The van der Waals surface area contributed by atoms with Crippen LogP contribution in [0.4, 0.5) is 5.69 Å². The first-order chi connectivity index (χ1) is 10.8. The highest BCUT2D eigenvalue weighted by Crippen LogP contribution is 2.28. The highest BCUT2D eigenvalue weighted by Gasteiger charge is 2.13. The predicted molar refractivity (Wildman–Crippen MR) is 96.2 cm³/mol. The van der Waals surface area contributed by atoms with E-state index in [1.165, 1.54) is 0 Å². The van der Waals surface area contributed by atoms with Crippen LogP contribution in [0.3, 0.4) is 0 Å². The number of nitrogens with one attached hydrogen (secondary N) is 1. The number of allylic oxidation sites excluding steroid dienone is 1. The Bertz CT molecular complexity index is 750. The molecule has 118 valence electrons. The summed E-state index contributed by atoms with van der Waals surface area (Å²) < 4.78 is 0. The molecule has 0 fully saturated rings. The van der Waals surface area contributed by atoms with E-state index in [-0.39, 0.29) is 5.41 Å². The molecule has 1 heterocycles. The summed E-state index contributed by atoms with van der Waals surface area (Å²) in [6.07, 6.45) is 2.50. The van der Waals surface area contributed by atoms with Crippen molar-refractivity contribution in [1.29, 1.82) is 5.26 Å². The van der Waals surface area contributed by atoms with E-state index in [0.29, 0.717) is 16.3 Å². The van der Waals surface area contributed by atoms with Crippen LogP contribution in [0.5, 0.6) is 0 Å². The third kappa shape index (κ3) is 4.58. The van der Waals surface area contributed by atoms with Gasteiger partial charge in [0.15, 0.2) is 0 Å². The van der Waals surface area contributed by atoms with E-state index in [0.717, 1.165) is 23.4 Å². The molecule has 1 aromatic heterocycles. The number of nitriles is 1. The first-order valence-corrected chi connectivity index (χ1v) is 7.78. The van der Waals surface area contributed by atoms with Crippen LogP contribution >= 0.6 is 11.6 Å². The number of rotatable bonds is 4. The van der Waals surface area contributed by atoms with E-state index < -0.39 is 0 Å². The largest absolute Gasteiger partial charge is 0.359 e. The Morgan fingerprint density at radius 1 is 1.26 bits per heavy atom. The van der Waals surface area contributed by atoms with E-state index in [4.69, 9.17) is 11.6 Å². The molecule has 0 amide bonds. The van der Waals surface area contributed by atoms with Crippen molar-refractivity contribution in [3.8, 4) is 17.3 Å². The predicted octanol–water partition coefficient (Wildman–Crippen LogP) is 5.64. The molecule has 1 aromatic carbocycles. The van der Waals surface area contributed by atoms with Crippen LogP contribution in [0.1, 0.15) is 32.8 Å². The molecular weight excluding hydrogens is 306 g/mol. The van der Waals surface area contributed by atoms with E-state index >= 15 is 0 Å². The van der Waals surface area contributed by atoms with E-state index in [1.54, 1.807) is 12.3 Å². The number of anilines is 1. The first-order valence-electron chi connectivity index (χ1n) is 7.40. The third-order valence-electron chi connectivity index (χ3n) is 3.24. The van der Waals surface area contributed by atoms with Gasteiger partial charge in [0.1, 0.15) is 6.07 Å². The zero-order chi connectivity index (χ0) is 17.0. The van der Waals surface area contributed by atoms with E-state index in [2.05, 4.69) is 43.7 Å². The van der Waals surface area contributed by atoms with Gasteiger partial charge in [-0.1, -0.05) is 51.1 Å². The molecule has 0 radical (unpaired) electrons. The van der Waals surface area contributed by atoms with Crippen LogP contribution in [0.15, 0.2) is 48.8 Å². The van der Waals surface area contributed by atoms with Crippen molar-refractivity contribution >= 4 is 17.3 Å². The van der Waals surface area contributed by atoms with Crippen molar-refractivity contribution in [2.75, 3.05) is 5.32 Å². The number of benzene rings is 1. The van der Waals surface area contributed by atoms with Crippen molar-refractivity contribution in [3.63, 3.8) is 0 Å². The molecule has 2 aromatic rings. The minimum atomic E-state index is 0.191. The summed E-state index contributed by atoms with van der Waals surface area (Å²) in [5.74, 6) is 0.